The van der Waals surface area contributed by atoms with E-state index in [1.165, 1.54) is 19.3 Å². The summed E-state index contributed by atoms with van der Waals surface area (Å²) in [6.45, 7) is 4.76. The molecule has 4 nitrogen and oxygen atoms in total. The van der Waals surface area contributed by atoms with Gasteiger partial charge in [-0.25, -0.2) is 13.1 Å². The first kappa shape index (κ1) is 15.0. The van der Waals surface area contributed by atoms with Gasteiger partial charge in [0.25, 0.3) is 0 Å². The van der Waals surface area contributed by atoms with Gasteiger partial charge in [-0.3, -0.25) is 0 Å². The zero-order chi connectivity index (χ0) is 15.1. The van der Waals surface area contributed by atoms with Gasteiger partial charge < -0.3 is 5.32 Å². The molecule has 2 fully saturated rings. The van der Waals surface area contributed by atoms with E-state index in [1.54, 1.807) is 12.1 Å². The second-order valence-electron chi connectivity index (χ2n) is 6.70. The maximum absolute atomic E-state index is 12.6. The summed E-state index contributed by atoms with van der Waals surface area (Å²) in [6, 6.07) is 5.54. The summed E-state index contributed by atoms with van der Waals surface area (Å²) in [5.41, 5.74) is 2.17. The van der Waals surface area contributed by atoms with Crippen molar-refractivity contribution in [3.63, 3.8) is 0 Å². The minimum atomic E-state index is -3.42. The van der Waals surface area contributed by atoms with Crippen LogP contribution in [-0.2, 0) is 10.0 Å². The number of piperidine rings is 1. The topological polar surface area (TPSA) is 58.2 Å². The van der Waals surface area contributed by atoms with Gasteiger partial charge in [-0.15, -0.1) is 0 Å². The highest BCUT2D eigenvalue weighted by atomic mass is 32.2. The van der Waals surface area contributed by atoms with Gasteiger partial charge in [0.1, 0.15) is 0 Å². The van der Waals surface area contributed by atoms with Crippen LogP contribution in [0.3, 0.4) is 0 Å². The lowest BCUT2D eigenvalue weighted by Crippen LogP contribution is -2.59. The zero-order valence-electron chi connectivity index (χ0n) is 12.8. The van der Waals surface area contributed by atoms with E-state index in [2.05, 4.69) is 10.0 Å². The summed E-state index contributed by atoms with van der Waals surface area (Å²) < 4.78 is 28.1. The van der Waals surface area contributed by atoms with Gasteiger partial charge in [-0.2, -0.15) is 0 Å². The SMILES string of the molecule is Cc1cc(C)cc(S(=O)(=O)NC2CCNC3(CCC3)C2)c1. The number of benzene rings is 1. The van der Waals surface area contributed by atoms with Crippen LogP contribution in [0.2, 0.25) is 0 Å². The van der Waals surface area contributed by atoms with E-state index in [0.717, 1.165) is 30.5 Å². The van der Waals surface area contributed by atoms with Gasteiger partial charge in [-0.05, 0) is 75.8 Å². The van der Waals surface area contributed by atoms with Crippen molar-refractivity contribution >= 4 is 10.0 Å². The fraction of sp³-hybridized carbons (Fsp3) is 0.625. The van der Waals surface area contributed by atoms with Gasteiger partial charge >= 0.3 is 0 Å². The Kier molecular flexibility index (Phi) is 3.84. The summed E-state index contributed by atoms with van der Waals surface area (Å²) in [4.78, 5) is 0.390. The Morgan fingerprint density at radius 2 is 1.86 bits per heavy atom. The van der Waals surface area contributed by atoms with Crippen LogP contribution in [0.25, 0.3) is 0 Å². The molecule has 1 saturated heterocycles. The smallest absolute Gasteiger partial charge is 0.240 e. The summed E-state index contributed by atoms with van der Waals surface area (Å²) in [5, 5.41) is 3.57. The maximum Gasteiger partial charge on any atom is 0.240 e. The molecule has 1 atom stereocenters. The fourth-order valence-electron chi connectivity index (χ4n) is 3.62. The number of hydrogen-bond donors (Lipinski definition) is 2. The Morgan fingerprint density at radius 3 is 2.43 bits per heavy atom. The number of aryl methyl sites for hydroxylation is 2. The first-order valence-corrected chi connectivity index (χ1v) is 9.23. The van der Waals surface area contributed by atoms with Crippen LogP contribution in [0.15, 0.2) is 23.1 Å². The predicted octanol–water partition coefficient (Wildman–Crippen LogP) is 2.26. The summed E-state index contributed by atoms with van der Waals surface area (Å²) in [6.07, 6.45) is 5.38. The van der Waals surface area contributed by atoms with Crippen LogP contribution in [0, 0.1) is 13.8 Å². The molecule has 0 aromatic heterocycles. The number of rotatable bonds is 3. The molecule has 1 aromatic rings. The Morgan fingerprint density at radius 1 is 1.19 bits per heavy atom. The van der Waals surface area contributed by atoms with Gasteiger partial charge in [0.15, 0.2) is 0 Å². The quantitative estimate of drug-likeness (QED) is 0.900. The van der Waals surface area contributed by atoms with Crippen molar-refractivity contribution in [2.75, 3.05) is 6.54 Å². The van der Waals surface area contributed by atoms with Crippen molar-refractivity contribution in [1.29, 1.82) is 0 Å². The summed E-state index contributed by atoms with van der Waals surface area (Å²) >= 11 is 0. The normalized spacial score (nSPS) is 24.8. The maximum atomic E-state index is 12.6. The highest BCUT2D eigenvalue weighted by Crippen LogP contribution is 2.38. The summed E-state index contributed by atoms with van der Waals surface area (Å²) in [7, 11) is -3.42. The standard InChI is InChI=1S/C16H24N2O2S/c1-12-8-13(2)10-15(9-12)21(19,20)18-14-4-7-17-16(11-14)5-3-6-16/h8-10,14,17-18H,3-7,11H2,1-2H3. The molecule has 1 aromatic carbocycles. The molecule has 1 heterocycles. The molecule has 1 aliphatic carbocycles. The van der Waals surface area contributed by atoms with E-state index in [9.17, 15) is 8.42 Å². The van der Waals surface area contributed by atoms with E-state index in [1.807, 2.05) is 19.9 Å². The molecule has 1 unspecified atom stereocenters. The first-order chi connectivity index (χ1) is 9.89. The van der Waals surface area contributed by atoms with Crippen molar-refractivity contribution in [2.45, 2.75) is 62.4 Å². The molecule has 1 spiro atoms. The van der Waals surface area contributed by atoms with Gasteiger partial charge in [0, 0.05) is 11.6 Å². The van der Waals surface area contributed by atoms with Gasteiger partial charge in [0.2, 0.25) is 10.0 Å². The lowest BCUT2D eigenvalue weighted by Gasteiger charge is -2.48. The van der Waals surface area contributed by atoms with Gasteiger partial charge in [0.05, 0.1) is 4.90 Å². The lowest BCUT2D eigenvalue weighted by molar-refractivity contribution is 0.126. The number of sulfonamides is 1. The molecule has 1 saturated carbocycles. The molecule has 2 N–H and O–H groups in total. The highest BCUT2D eigenvalue weighted by Gasteiger charge is 2.41. The van der Waals surface area contributed by atoms with E-state index >= 15 is 0 Å². The van der Waals surface area contributed by atoms with Crippen molar-refractivity contribution < 1.29 is 8.42 Å². The third-order valence-corrected chi connectivity index (χ3v) is 6.27. The first-order valence-electron chi connectivity index (χ1n) is 7.74. The van der Waals surface area contributed by atoms with Crippen molar-refractivity contribution in [3.8, 4) is 0 Å². The molecule has 2 aliphatic rings. The Bertz CT molecular complexity index is 615. The van der Waals surface area contributed by atoms with Crippen LogP contribution in [0.4, 0.5) is 0 Å². The van der Waals surface area contributed by atoms with Crippen molar-refractivity contribution in [3.05, 3.63) is 29.3 Å². The van der Waals surface area contributed by atoms with E-state index in [4.69, 9.17) is 0 Å². The minimum absolute atomic E-state index is 0.0531. The van der Waals surface area contributed by atoms with Crippen LogP contribution in [-0.4, -0.2) is 26.5 Å². The fourth-order valence-corrected chi connectivity index (χ4v) is 5.08. The van der Waals surface area contributed by atoms with Crippen molar-refractivity contribution in [1.82, 2.24) is 10.0 Å². The van der Waals surface area contributed by atoms with Crippen LogP contribution < -0.4 is 10.0 Å². The lowest BCUT2D eigenvalue weighted by atomic mass is 9.70. The molecular weight excluding hydrogens is 284 g/mol. The molecule has 0 bridgehead atoms. The average Bonchev–Trinajstić information content (AvgIpc) is 2.35. The monoisotopic (exact) mass is 308 g/mol. The Labute approximate surface area is 127 Å². The summed E-state index contributed by atoms with van der Waals surface area (Å²) in [5.74, 6) is 0. The van der Waals surface area contributed by atoms with E-state index < -0.39 is 10.0 Å². The second-order valence-corrected chi connectivity index (χ2v) is 8.41. The Hall–Kier alpha value is -0.910. The third kappa shape index (κ3) is 3.15. The highest BCUT2D eigenvalue weighted by molar-refractivity contribution is 7.89. The average molecular weight is 308 g/mol. The second kappa shape index (κ2) is 5.38. The van der Waals surface area contributed by atoms with Crippen LogP contribution in [0.5, 0.6) is 0 Å². The van der Waals surface area contributed by atoms with Crippen LogP contribution >= 0.6 is 0 Å². The number of hydrogen-bond acceptors (Lipinski definition) is 3. The largest absolute Gasteiger partial charge is 0.311 e. The van der Waals surface area contributed by atoms with E-state index in [-0.39, 0.29) is 11.6 Å². The van der Waals surface area contributed by atoms with Crippen LogP contribution in [0.1, 0.15) is 43.2 Å². The minimum Gasteiger partial charge on any atom is -0.311 e. The predicted molar refractivity (Wildman–Crippen MR) is 83.8 cm³/mol. The third-order valence-electron chi connectivity index (χ3n) is 4.77. The molecule has 1 aliphatic heterocycles. The molecule has 116 valence electrons. The molecular formula is C16H24N2O2S. The number of nitrogens with one attached hydrogen (secondary N) is 2. The zero-order valence-corrected chi connectivity index (χ0v) is 13.6. The van der Waals surface area contributed by atoms with E-state index in [0.29, 0.717) is 4.90 Å². The molecule has 21 heavy (non-hydrogen) atoms. The van der Waals surface area contributed by atoms with Crippen molar-refractivity contribution in [2.24, 2.45) is 0 Å². The molecule has 5 heteroatoms. The molecule has 3 rings (SSSR count). The Balaban J connectivity index is 1.76. The molecule has 0 amide bonds. The molecule has 0 radical (unpaired) electrons. The van der Waals surface area contributed by atoms with Gasteiger partial charge in [-0.1, -0.05) is 6.07 Å².